The Kier molecular flexibility index (Phi) is 3.66. The summed E-state index contributed by atoms with van der Waals surface area (Å²) in [5, 5.41) is 16.2. The molecule has 100 valence electrons. The van der Waals surface area contributed by atoms with Gasteiger partial charge in [-0.15, -0.1) is 11.3 Å². The van der Waals surface area contributed by atoms with Crippen molar-refractivity contribution in [2.45, 2.75) is 20.4 Å². The van der Waals surface area contributed by atoms with E-state index in [1.54, 1.807) is 10.7 Å². The summed E-state index contributed by atoms with van der Waals surface area (Å²) in [5.74, 6) is -1.23. The number of carbonyl (C=O) groups excluding carboxylic acids is 1. The first-order valence-electron chi connectivity index (χ1n) is 5.60. The van der Waals surface area contributed by atoms with Gasteiger partial charge in [0.2, 0.25) is 5.91 Å². The average molecular weight is 279 g/mol. The van der Waals surface area contributed by atoms with E-state index in [1.807, 2.05) is 19.9 Å². The van der Waals surface area contributed by atoms with Crippen molar-refractivity contribution < 1.29 is 14.7 Å². The Bertz CT molecular complexity index is 630. The Morgan fingerprint density at radius 2 is 2.16 bits per heavy atom. The van der Waals surface area contributed by atoms with Crippen molar-refractivity contribution in [3.05, 3.63) is 34.5 Å². The number of aryl methyl sites for hydroxylation is 2. The molecule has 19 heavy (non-hydrogen) atoms. The maximum atomic E-state index is 11.8. The number of aromatic nitrogens is 2. The van der Waals surface area contributed by atoms with Gasteiger partial charge >= 0.3 is 5.97 Å². The summed E-state index contributed by atoms with van der Waals surface area (Å²) in [7, 11) is 0. The normalized spacial score (nSPS) is 10.4. The van der Waals surface area contributed by atoms with Crippen LogP contribution in [0.15, 0.2) is 18.2 Å². The van der Waals surface area contributed by atoms with E-state index >= 15 is 0 Å². The first-order chi connectivity index (χ1) is 8.95. The molecule has 2 aromatic heterocycles. The minimum Gasteiger partial charge on any atom is -0.477 e. The number of carboxylic acid groups (broad SMARTS) is 1. The Labute approximate surface area is 113 Å². The Balaban J connectivity index is 2.01. The van der Waals surface area contributed by atoms with Crippen LogP contribution in [0.2, 0.25) is 0 Å². The number of hydrogen-bond acceptors (Lipinski definition) is 4. The number of rotatable bonds is 4. The van der Waals surface area contributed by atoms with E-state index in [1.165, 1.54) is 6.07 Å². The number of nitrogens with one attached hydrogen (secondary N) is 1. The second-order valence-electron chi connectivity index (χ2n) is 4.10. The van der Waals surface area contributed by atoms with Crippen LogP contribution in [0.4, 0.5) is 5.00 Å². The number of carboxylic acids is 1. The van der Waals surface area contributed by atoms with Crippen LogP contribution < -0.4 is 5.32 Å². The third-order valence-corrected chi connectivity index (χ3v) is 3.46. The predicted octanol–water partition coefficient (Wildman–Crippen LogP) is 1.90. The van der Waals surface area contributed by atoms with E-state index in [9.17, 15) is 9.59 Å². The van der Waals surface area contributed by atoms with Crippen LogP contribution in [0.1, 0.15) is 21.1 Å². The fourth-order valence-electron chi connectivity index (χ4n) is 1.67. The molecule has 0 fully saturated rings. The fourth-order valence-corrected chi connectivity index (χ4v) is 2.43. The SMILES string of the molecule is Cc1cc(C)n(CC(=O)Nc2ccc(C(=O)O)s2)n1. The maximum Gasteiger partial charge on any atom is 0.345 e. The number of amides is 1. The van der Waals surface area contributed by atoms with Crippen LogP contribution in [-0.4, -0.2) is 26.8 Å². The highest BCUT2D eigenvalue weighted by atomic mass is 32.1. The van der Waals surface area contributed by atoms with Crippen molar-refractivity contribution in [3.8, 4) is 0 Å². The van der Waals surface area contributed by atoms with Gasteiger partial charge in [0.1, 0.15) is 11.4 Å². The van der Waals surface area contributed by atoms with E-state index in [0.29, 0.717) is 5.00 Å². The fraction of sp³-hybridized carbons (Fsp3) is 0.250. The van der Waals surface area contributed by atoms with E-state index in [0.717, 1.165) is 22.7 Å². The van der Waals surface area contributed by atoms with E-state index in [-0.39, 0.29) is 17.3 Å². The zero-order valence-electron chi connectivity index (χ0n) is 10.5. The van der Waals surface area contributed by atoms with Gasteiger partial charge in [0.25, 0.3) is 0 Å². The molecule has 0 aromatic carbocycles. The molecule has 0 spiro atoms. The molecule has 0 aliphatic carbocycles. The van der Waals surface area contributed by atoms with Gasteiger partial charge in [-0.2, -0.15) is 5.10 Å². The van der Waals surface area contributed by atoms with Crippen molar-refractivity contribution in [3.63, 3.8) is 0 Å². The monoisotopic (exact) mass is 279 g/mol. The summed E-state index contributed by atoms with van der Waals surface area (Å²) < 4.78 is 1.61. The maximum absolute atomic E-state index is 11.8. The molecule has 7 heteroatoms. The van der Waals surface area contributed by atoms with Gasteiger partial charge in [-0.3, -0.25) is 9.48 Å². The zero-order valence-corrected chi connectivity index (χ0v) is 11.3. The zero-order chi connectivity index (χ0) is 14.0. The lowest BCUT2D eigenvalue weighted by atomic mass is 10.4. The van der Waals surface area contributed by atoms with E-state index in [4.69, 9.17) is 5.11 Å². The van der Waals surface area contributed by atoms with Crippen LogP contribution in [0.3, 0.4) is 0 Å². The quantitative estimate of drug-likeness (QED) is 0.895. The van der Waals surface area contributed by atoms with Gasteiger partial charge < -0.3 is 10.4 Å². The number of nitrogens with zero attached hydrogens (tertiary/aromatic N) is 2. The van der Waals surface area contributed by atoms with Crippen molar-refractivity contribution in [2.75, 3.05) is 5.32 Å². The number of carbonyl (C=O) groups is 2. The third kappa shape index (κ3) is 3.19. The first-order valence-corrected chi connectivity index (χ1v) is 6.41. The molecule has 0 aliphatic heterocycles. The minimum absolute atomic E-state index is 0.111. The Morgan fingerprint density at radius 3 is 2.68 bits per heavy atom. The number of aromatic carboxylic acids is 1. The summed E-state index contributed by atoms with van der Waals surface area (Å²) in [6.07, 6.45) is 0. The molecule has 2 rings (SSSR count). The summed E-state index contributed by atoms with van der Waals surface area (Å²) in [4.78, 5) is 22.7. The standard InChI is InChI=1S/C12H13N3O3S/c1-7-5-8(2)15(14-7)6-10(16)13-11-4-3-9(19-11)12(17)18/h3-5H,6H2,1-2H3,(H,13,16)(H,17,18). The summed E-state index contributed by atoms with van der Waals surface area (Å²) in [6.45, 7) is 3.85. The van der Waals surface area contributed by atoms with Gasteiger partial charge in [0, 0.05) is 5.69 Å². The van der Waals surface area contributed by atoms with Gasteiger partial charge in [-0.1, -0.05) is 0 Å². The average Bonchev–Trinajstić information content (AvgIpc) is 2.87. The number of thiophene rings is 1. The lowest BCUT2D eigenvalue weighted by molar-refractivity contribution is -0.116. The molecule has 2 aromatic rings. The highest BCUT2D eigenvalue weighted by molar-refractivity contribution is 7.18. The van der Waals surface area contributed by atoms with Crippen molar-refractivity contribution in [1.82, 2.24) is 9.78 Å². The van der Waals surface area contributed by atoms with Crippen molar-refractivity contribution >= 4 is 28.2 Å². The van der Waals surface area contributed by atoms with Crippen LogP contribution >= 0.6 is 11.3 Å². The predicted molar refractivity (Wildman–Crippen MR) is 71.6 cm³/mol. The van der Waals surface area contributed by atoms with E-state index in [2.05, 4.69) is 10.4 Å². The number of hydrogen-bond donors (Lipinski definition) is 2. The minimum atomic E-state index is -0.996. The molecular formula is C12H13N3O3S. The van der Waals surface area contributed by atoms with E-state index < -0.39 is 5.97 Å². The molecule has 6 nitrogen and oxygen atoms in total. The second-order valence-corrected chi connectivity index (χ2v) is 5.19. The van der Waals surface area contributed by atoms with Crippen molar-refractivity contribution in [1.29, 1.82) is 0 Å². The van der Waals surface area contributed by atoms with Gasteiger partial charge in [-0.25, -0.2) is 4.79 Å². The molecule has 0 radical (unpaired) electrons. The summed E-state index contributed by atoms with van der Waals surface area (Å²) in [5.41, 5.74) is 1.76. The third-order valence-electron chi connectivity index (χ3n) is 2.48. The molecule has 2 N–H and O–H groups in total. The largest absolute Gasteiger partial charge is 0.477 e. The van der Waals surface area contributed by atoms with Crippen LogP contribution in [0.25, 0.3) is 0 Å². The molecule has 2 heterocycles. The van der Waals surface area contributed by atoms with Crippen molar-refractivity contribution in [2.24, 2.45) is 0 Å². The molecular weight excluding hydrogens is 266 g/mol. The second kappa shape index (κ2) is 5.23. The molecule has 0 unspecified atom stereocenters. The highest BCUT2D eigenvalue weighted by Crippen LogP contribution is 2.21. The molecule has 1 amide bonds. The lowest BCUT2D eigenvalue weighted by Crippen LogP contribution is -2.19. The number of anilines is 1. The molecule has 0 saturated heterocycles. The van der Waals surface area contributed by atoms with Gasteiger partial charge in [-0.05, 0) is 32.0 Å². The molecule has 0 saturated carbocycles. The highest BCUT2D eigenvalue weighted by Gasteiger charge is 2.11. The van der Waals surface area contributed by atoms with Crippen LogP contribution in [-0.2, 0) is 11.3 Å². The van der Waals surface area contributed by atoms with Crippen LogP contribution in [0, 0.1) is 13.8 Å². The first kappa shape index (κ1) is 13.3. The smallest absolute Gasteiger partial charge is 0.345 e. The Morgan fingerprint density at radius 1 is 1.42 bits per heavy atom. The molecule has 0 bridgehead atoms. The topological polar surface area (TPSA) is 84.2 Å². The van der Waals surface area contributed by atoms with Crippen LogP contribution in [0.5, 0.6) is 0 Å². The molecule has 0 atom stereocenters. The van der Waals surface area contributed by atoms with Gasteiger partial charge in [0.15, 0.2) is 0 Å². The molecule has 0 aliphatic rings. The Hall–Kier alpha value is -2.15. The lowest BCUT2D eigenvalue weighted by Gasteiger charge is -2.04. The summed E-state index contributed by atoms with van der Waals surface area (Å²) >= 11 is 1.03. The van der Waals surface area contributed by atoms with Gasteiger partial charge in [0.05, 0.1) is 10.7 Å². The summed E-state index contributed by atoms with van der Waals surface area (Å²) in [6, 6.07) is 4.93.